The number of esters is 1. The third-order valence-electron chi connectivity index (χ3n) is 4.21. The number of carbonyl (C=O) groups is 2. The van der Waals surface area contributed by atoms with Gasteiger partial charge in [-0.25, -0.2) is 4.39 Å². The largest absolute Gasteiger partial charge is 0.456 e. The van der Waals surface area contributed by atoms with E-state index in [0.717, 1.165) is 18.4 Å². The van der Waals surface area contributed by atoms with Crippen molar-refractivity contribution in [2.24, 2.45) is 5.92 Å². The second-order valence-corrected chi connectivity index (χ2v) is 6.10. The molecule has 23 heavy (non-hydrogen) atoms. The quantitative estimate of drug-likeness (QED) is 0.786. The lowest BCUT2D eigenvalue weighted by Gasteiger charge is -2.21. The van der Waals surface area contributed by atoms with E-state index in [-0.39, 0.29) is 24.8 Å². The summed E-state index contributed by atoms with van der Waals surface area (Å²) in [7, 11) is 0. The van der Waals surface area contributed by atoms with Gasteiger partial charge in [0.2, 0.25) is 0 Å². The van der Waals surface area contributed by atoms with E-state index in [4.69, 9.17) is 4.74 Å². The number of hydrogen-bond acceptors (Lipinski definition) is 3. The molecule has 0 heterocycles. The fraction of sp³-hybridized carbons (Fsp3) is 0.556. The summed E-state index contributed by atoms with van der Waals surface area (Å²) in [4.78, 5) is 23.3. The average Bonchev–Trinajstić information content (AvgIpc) is 2.58. The predicted molar refractivity (Wildman–Crippen MR) is 85.3 cm³/mol. The molecule has 1 saturated carbocycles. The first-order chi connectivity index (χ1) is 11.1. The minimum absolute atomic E-state index is 0.182. The van der Waals surface area contributed by atoms with Gasteiger partial charge in [-0.2, -0.15) is 0 Å². The third-order valence-corrected chi connectivity index (χ3v) is 4.21. The molecule has 1 aliphatic rings. The van der Waals surface area contributed by atoms with Crippen LogP contribution in [0.4, 0.5) is 4.39 Å². The SMILES string of the molecule is O=C(COC(=O)CCc1ccc(F)cc1)NCC1CCCCC1. The van der Waals surface area contributed by atoms with Gasteiger partial charge in [-0.1, -0.05) is 31.4 Å². The molecule has 1 fully saturated rings. The van der Waals surface area contributed by atoms with E-state index < -0.39 is 5.97 Å². The lowest BCUT2D eigenvalue weighted by Crippen LogP contribution is -2.33. The summed E-state index contributed by atoms with van der Waals surface area (Å²) in [5.41, 5.74) is 0.866. The number of hydrogen-bond donors (Lipinski definition) is 1. The number of nitrogens with one attached hydrogen (secondary N) is 1. The lowest BCUT2D eigenvalue weighted by molar-refractivity contribution is -0.148. The Morgan fingerprint density at radius 3 is 2.52 bits per heavy atom. The average molecular weight is 321 g/mol. The number of amides is 1. The van der Waals surface area contributed by atoms with Crippen molar-refractivity contribution in [3.63, 3.8) is 0 Å². The molecule has 126 valence electrons. The molecule has 0 atom stereocenters. The maximum atomic E-state index is 12.8. The summed E-state index contributed by atoms with van der Waals surface area (Å²) < 4.78 is 17.7. The Morgan fingerprint density at radius 2 is 1.83 bits per heavy atom. The first-order valence-corrected chi connectivity index (χ1v) is 8.30. The van der Waals surface area contributed by atoms with E-state index in [9.17, 15) is 14.0 Å². The Hall–Kier alpha value is -1.91. The second kappa shape index (κ2) is 9.28. The second-order valence-electron chi connectivity index (χ2n) is 6.10. The summed E-state index contributed by atoms with van der Waals surface area (Å²) in [6, 6.07) is 6.00. The molecule has 1 aromatic carbocycles. The number of benzene rings is 1. The highest BCUT2D eigenvalue weighted by atomic mass is 19.1. The van der Waals surface area contributed by atoms with Crippen molar-refractivity contribution in [3.8, 4) is 0 Å². The van der Waals surface area contributed by atoms with Crippen molar-refractivity contribution in [2.75, 3.05) is 13.2 Å². The fourth-order valence-electron chi connectivity index (χ4n) is 2.82. The molecular weight excluding hydrogens is 297 g/mol. The van der Waals surface area contributed by atoms with Crippen molar-refractivity contribution in [2.45, 2.75) is 44.9 Å². The molecule has 0 saturated heterocycles. The van der Waals surface area contributed by atoms with E-state index in [2.05, 4.69) is 5.32 Å². The maximum Gasteiger partial charge on any atom is 0.306 e. The zero-order chi connectivity index (χ0) is 16.5. The Balaban J connectivity index is 1.57. The standard InChI is InChI=1S/C18H24FNO3/c19-16-9-6-14(7-10-16)8-11-18(22)23-13-17(21)20-12-15-4-2-1-3-5-15/h6-7,9-10,15H,1-5,8,11-13H2,(H,20,21). The van der Waals surface area contributed by atoms with Crippen LogP contribution in [0.3, 0.4) is 0 Å². The molecule has 0 aliphatic heterocycles. The van der Waals surface area contributed by atoms with Gasteiger partial charge in [0.15, 0.2) is 6.61 Å². The van der Waals surface area contributed by atoms with E-state index >= 15 is 0 Å². The number of halogens is 1. The highest BCUT2D eigenvalue weighted by Crippen LogP contribution is 2.22. The molecular formula is C18H24FNO3. The third kappa shape index (κ3) is 6.80. The minimum Gasteiger partial charge on any atom is -0.456 e. The van der Waals surface area contributed by atoms with E-state index in [1.165, 1.54) is 31.4 Å². The van der Waals surface area contributed by atoms with Gasteiger partial charge in [-0.15, -0.1) is 0 Å². The Kier molecular flexibility index (Phi) is 7.04. The van der Waals surface area contributed by atoms with Crippen molar-refractivity contribution < 1.29 is 18.7 Å². The molecule has 0 spiro atoms. The van der Waals surface area contributed by atoms with Gasteiger partial charge in [0.25, 0.3) is 5.91 Å². The predicted octanol–water partition coefficient (Wildman–Crippen LogP) is 3.00. The van der Waals surface area contributed by atoms with Crippen molar-refractivity contribution in [1.82, 2.24) is 5.32 Å². The number of aryl methyl sites for hydroxylation is 1. The monoisotopic (exact) mass is 321 g/mol. The van der Waals surface area contributed by atoms with Gasteiger partial charge in [0.1, 0.15) is 5.82 Å². The van der Waals surface area contributed by atoms with Gasteiger partial charge < -0.3 is 10.1 Å². The fourth-order valence-corrected chi connectivity index (χ4v) is 2.82. The van der Waals surface area contributed by atoms with Gasteiger partial charge in [-0.05, 0) is 42.9 Å². The van der Waals surface area contributed by atoms with Gasteiger partial charge >= 0.3 is 5.97 Å². The van der Waals surface area contributed by atoms with Gasteiger partial charge in [-0.3, -0.25) is 9.59 Å². The zero-order valence-electron chi connectivity index (χ0n) is 13.4. The Labute approximate surface area is 136 Å². The smallest absolute Gasteiger partial charge is 0.306 e. The van der Waals surface area contributed by atoms with E-state index in [0.29, 0.717) is 18.9 Å². The van der Waals surface area contributed by atoms with E-state index in [1.54, 1.807) is 12.1 Å². The van der Waals surface area contributed by atoms with Crippen LogP contribution in [0, 0.1) is 11.7 Å². The van der Waals surface area contributed by atoms with Crippen LogP contribution in [0.2, 0.25) is 0 Å². The summed E-state index contributed by atoms with van der Waals surface area (Å²) >= 11 is 0. The molecule has 5 heteroatoms. The van der Waals surface area contributed by atoms with Crippen LogP contribution in [0.1, 0.15) is 44.1 Å². The first-order valence-electron chi connectivity index (χ1n) is 8.30. The topological polar surface area (TPSA) is 55.4 Å². The summed E-state index contributed by atoms with van der Waals surface area (Å²) in [6.07, 6.45) is 6.74. The molecule has 1 amide bonds. The van der Waals surface area contributed by atoms with Crippen molar-refractivity contribution in [1.29, 1.82) is 0 Å². The van der Waals surface area contributed by atoms with Crippen LogP contribution in [0.5, 0.6) is 0 Å². The Bertz CT molecular complexity index is 510. The molecule has 1 aliphatic carbocycles. The lowest BCUT2D eigenvalue weighted by atomic mass is 9.89. The normalized spacial score (nSPS) is 15.2. The number of rotatable bonds is 7. The van der Waals surface area contributed by atoms with Crippen LogP contribution in [0.15, 0.2) is 24.3 Å². The molecule has 4 nitrogen and oxygen atoms in total. The van der Waals surface area contributed by atoms with Gasteiger partial charge in [0, 0.05) is 13.0 Å². The van der Waals surface area contributed by atoms with Crippen LogP contribution < -0.4 is 5.32 Å². The highest BCUT2D eigenvalue weighted by molar-refractivity contribution is 5.80. The highest BCUT2D eigenvalue weighted by Gasteiger charge is 2.15. The molecule has 0 bridgehead atoms. The van der Waals surface area contributed by atoms with E-state index in [1.807, 2.05) is 0 Å². The van der Waals surface area contributed by atoms with Gasteiger partial charge in [0.05, 0.1) is 0 Å². The summed E-state index contributed by atoms with van der Waals surface area (Å²) in [5.74, 6) is -0.402. The molecule has 2 rings (SSSR count). The molecule has 1 aromatic rings. The first kappa shape index (κ1) is 17.4. The minimum atomic E-state index is -0.415. The molecule has 0 aromatic heterocycles. The number of ether oxygens (including phenoxy) is 1. The molecule has 0 radical (unpaired) electrons. The number of carbonyl (C=O) groups excluding carboxylic acids is 2. The molecule has 0 unspecified atom stereocenters. The Morgan fingerprint density at radius 1 is 1.13 bits per heavy atom. The van der Waals surface area contributed by atoms with Crippen LogP contribution >= 0.6 is 0 Å². The zero-order valence-corrected chi connectivity index (χ0v) is 13.4. The molecule has 1 N–H and O–H groups in total. The van der Waals surface area contributed by atoms with Crippen LogP contribution in [-0.4, -0.2) is 25.0 Å². The van der Waals surface area contributed by atoms with Crippen LogP contribution in [-0.2, 0) is 20.7 Å². The summed E-state index contributed by atoms with van der Waals surface area (Å²) in [5, 5.41) is 2.83. The van der Waals surface area contributed by atoms with Crippen molar-refractivity contribution >= 4 is 11.9 Å². The van der Waals surface area contributed by atoms with Crippen molar-refractivity contribution in [3.05, 3.63) is 35.6 Å². The van der Waals surface area contributed by atoms with Crippen LogP contribution in [0.25, 0.3) is 0 Å². The maximum absolute atomic E-state index is 12.8. The summed E-state index contributed by atoms with van der Waals surface area (Å²) in [6.45, 7) is 0.445.